The number of sulfone groups is 1. The molecule has 2 aromatic carbocycles. The number of rotatable bonds is 6. The van der Waals surface area contributed by atoms with Gasteiger partial charge >= 0.3 is 18.0 Å². The van der Waals surface area contributed by atoms with Crippen LogP contribution in [0.3, 0.4) is 0 Å². The van der Waals surface area contributed by atoms with Gasteiger partial charge in [0.2, 0.25) is 15.9 Å². The predicted octanol–water partition coefficient (Wildman–Crippen LogP) is 4.69. The van der Waals surface area contributed by atoms with E-state index in [4.69, 9.17) is 0 Å². The molecule has 2 aliphatic rings. The molecule has 2 aromatic rings. The highest BCUT2D eigenvalue weighted by molar-refractivity contribution is 7.92. The number of hydrogen-bond donors (Lipinski definition) is 0. The molecule has 238 valence electrons. The van der Waals surface area contributed by atoms with Crippen LogP contribution in [-0.4, -0.2) is 76.7 Å². The van der Waals surface area contributed by atoms with Crippen LogP contribution in [0.5, 0.6) is 0 Å². The third kappa shape index (κ3) is 5.75. The predicted molar refractivity (Wildman–Crippen MR) is 137 cm³/mol. The van der Waals surface area contributed by atoms with Crippen LogP contribution in [0.1, 0.15) is 30.4 Å². The van der Waals surface area contributed by atoms with Gasteiger partial charge in [-0.3, -0.25) is 4.79 Å². The van der Waals surface area contributed by atoms with E-state index in [-0.39, 0.29) is 56.6 Å². The van der Waals surface area contributed by atoms with Gasteiger partial charge in [-0.1, -0.05) is 24.3 Å². The molecule has 0 bridgehead atoms. The molecule has 1 amide bonds. The highest BCUT2D eigenvalue weighted by atomic mass is 32.2. The molecule has 1 atom stereocenters. The van der Waals surface area contributed by atoms with Crippen molar-refractivity contribution >= 4 is 25.8 Å². The van der Waals surface area contributed by atoms with Gasteiger partial charge in [-0.05, 0) is 49.1 Å². The fourth-order valence-electron chi connectivity index (χ4n) is 5.60. The highest BCUT2D eigenvalue weighted by Crippen LogP contribution is 2.54. The monoisotopic (exact) mass is 662 g/mol. The zero-order chi connectivity index (χ0) is 32.2. The Kier molecular flexibility index (Phi) is 8.45. The number of likely N-dealkylation sites (tertiary alicyclic amines) is 1. The Balaban J connectivity index is 1.74. The molecule has 0 saturated carbocycles. The first-order chi connectivity index (χ1) is 19.6. The van der Waals surface area contributed by atoms with Crippen molar-refractivity contribution in [2.24, 2.45) is 5.92 Å². The minimum Gasteiger partial charge on any atom is -0.340 e. The maximum Gasteiger partial charge on any atom is 0.435 e. The molecule has 0 N–H and O–H groups in total. The van der Waals surface area contributed by atoms with Gasteiger partial charge in [0.15, 0.2) is 9.84 Å². The summed E-state index contributed by atoms with van der Waals surface area (Å²) in [6.45, 7) is -0.637. The fraction of sp³-hybridized carbons (Fsp3) is 0.500. The molecule has 1 unspecified atom stereocenters. The van der Waals surface area contributed by atoms with Crippen LogP contribution in [0.15, 0.2) is 53.4 Å². The molecule has 43 heavy (non-hydrogen) atoms. The lowest BCUT2D eigenvalue weighted by atomic mass is 9.90. The third-order valence-corrected chi connectivity index (χ3v) is 11.8. The first kappa shape index (κ1) is 33.1. The van der Waals surface area contributed by atoms with Gasteiger partial charge in [-0.2, -0.15) is 26.3 Å². The number of halogens is 8. The molecule has 17 heteroatoms. The molecule has 2 fully saturated rings. The zero-order valence-electron chi connectivity index (χ0n) is 22.4. The summed E-state index contributed by atoms with van der Waals surface area (Å²) < 4.78 is 159. The van der Waals surface area contributed by atoms with Crippen molar-refractivity contribution in [3.05, 3.63) is 65.5 Å². The summed E-state index contributed by atoms with van der Waals surface area (Å²) in [4.78, 5) is 14.2. The van der Waals surface area contributed by atoms with E-state index in [1.807, 2.05) is 0 Å². The number of benzene rings is 2. The van der Waals surface area contributed by atoms with E-state index in [1.54, 1.807) is 0 Å². The van der Waals surface area contributed by atoms with Crippen LogP contribution < -0.4 is 0 Å². The Labute approximate surface area is 242 Å². The molecule has 0 aliphatic carbocycles. The summed E-state index contributed by atoms with van der Waals surface area (Å²) >= 11 is 0. The fourth-order valence-corrected chi connectivity index (χ4v) is 8.56. The first-order valence-corrected chi connectivity index (χ1v) is 16.2. The summed E-state index contributed by atoms with van der Waals surface area (Å²) in [5, 5.41) is 0. The van der Waals surface area contributed by atoms with Gasteiger partial charge in [0, 0.05) is 37.7 Å². The lowest BCUT2D eigenvalue weighted by molar-refractivity contribution is -0.348. The number of carbonyl (C=O) groups is 1. The van der Waals surface area contributed by atoms with Gasteiger partial charge in [-0.15, -0.1) is 0 Å². The quantitative estimate of drug-likeness (QED) is 0.331. The second kappa shape index (κ2) is 11.0. The van der Waals surface area contributed by atoms with Gasteiger partial charge in [0.1, 0.15) is 10.6 Å². The third-order valence-electron chi connectivity index (χ3n) is 8.04. The summed E-state index contributed by atoms with van der Waals surface area (Å²) in [6.07, 6.45) is -11.8. The molecule has 2 saturated heterocycles. The molecule has 4 rings (SSSR count). The maximum absolute atomic E-state index is 14.7. The van der Waals surface area contributed by atoms with Crippen molar-refractivity contribution in [1.82, 2.24) is 9.21 Å². The van der Waals surface area contributed by atoms with Crippen molar-refractivity contribution < 1.29 is 56.8 Å². The molecule has 0 spiro atoms. The number of hydrogen-bond acceptors (Lipinski definition) is 5. The molecule has 0 radical (unpaired) electrons. The van der Waals surface area contributed by atoms with Crippen LogP contribution in [0.2, 0.25) is 0 Å². The van der Waals surface area contributed by atoms with E-state index in [1.165, 1.54) is 9.21 Å². The number of nitrogens with zero attached hydrogens (tertiary/aromatic N) is 2. The van der Waals surface area contributed by atoms with Gasteiger partial charge in [0.05, 0.1) is 11.2 Å². The summed E-state index contributed by atoms with van der Waals surface area (Å²) in [5.74, 6) is -1.95. The number of alkyl halides is 7. The number of carbonyl (C=O) groups excluding carboxylic acids is 1. The average molecular weight is 663 g/mol. The van der Waals surface area contributed by atoms with Crippen LogP contribution >= 0.6 is 0 Å². The normalized spacial score (nSPS) is 21.7. The molecule has 2 heterocycles. The second-order valence-corrected chi connectivity index (χ2v) is 14.9. The van der Waals surface area contributed by atoms with Crippen LogP contribution in [0.4, 0.5) is 35.1 Å². The molecule has 2 aliphatic heterocycles. The summed E-state index contributed by atoms with van der Waals surface area (Å²) in [6, 6.07) is 5.30. The largest absolute Gasteiger partial charge is 0.435 e. The lowest BCUT2D eigenvalue weighted by Crippen LogP contribution is -2.50. The van der Waals surface area contributed by atoms with Gasteiger partial charge < -0.3 is 4.90 Å². The smallest absolute Gasteiger partial charge is 0.340 e. The first-order valence-electron chi connectivity index (χ1n) is 12.8. The molecule has 7 nitrogen and oxygen atoms in total. The van der Waals surface area contributed by atoms with Crippen molar-refractivity contribution in [2.45, 2.75) is 46.9 Å². The Morgan fingerprint density at radius 2 is 1.33 bits per heavy atom. The lowest BCUT2D eigenvalue weighted by Gasteiger charge is -2.34. The van der Waals surface area contributed by atoms with Crippen molar-refractivity contribution in [3.8, 4) is 0 Å². The van der Waals surface area contributed by atoms with E-state index >= 15 is 0 Å². The van der Waals surface area contributed by atoms with Crippen LogP contribution in [-0.2, 0) is 35.1 Å². The van der Waals surface area contributed by atoms with E-state index < -0.39 is 77.3 Å². The number of piperidine rings is 1. The Morgan fingerprint density at radius 3 is 1.79 bits per heavy atom. The number of amides is 1. The Hall–Kier alpha value is -2.79. The number of sulfonamides is 1. The van der Waals surface area contributed by atoms with Crippen LogP contribution in [0.25, 0.3) is 0 Å². The highest BCUT2D eigenvalue weighted by Gasteiger charge is 2.73. The summed E-state index contributed by atoms with van der Waals surface area (Å²) in [5.41, 5.74) is -7.84. The van der Waals surface area contributed by atoms with Crippen molar-refractivity contribution in [1.29, 1.82) is 0 Å². The van der Waals surface area contributed by atoms with Gasteiger partial charge in [0.25, 0.3) is 0 Å². The SMILES string of the molecule is CS(=O)(=O)N1CCC(C(=O)N2CCC(c3ccc(C(F)(C(F)(F)F)C(F)(F)F)cc3)(S(=O)(=O)c3ccc(F)cc3)C2)CC1. The van der Waals surface area contributed by atoms with Crippen molar-refractivity contribution in [2.75, 3.05) is 32.4 Å². The second-order valence-electron chi connectivity index (χ2n) is 10.6. The summed E-state index contributed by atoms with van der Waals surface area (Å²) in [7, 11) is -8.09. The van der Waals surface area contributed by atoms with E-state index in [0.29, 0.717) is 12.1 Å². The minimum atomic E-state index is -6.38. The molecule has 0 aromatic heterocycles. The van der Waals surface area contributed by atoms with Crippen LogP contribution in [0, 0.1) is 11.7 Å². The van der Waals surface area contributed by atoms with E-state index in [9.17, 15) is 56.8 Å². The van der Waals surface area contributed by atoms with Gasteiger partial charge in [-0.25, -0.2) is 29.9 Å². The maximum atomic E-state index is 14.7. The topological polar surface area (TPSA) is 91.8 Å². The average Bonchev–Trinajstić information content (AvgIpc) is 3.38. The van der Waals surface area contributed by atoms with E-state index in [0.717, 1.165) is 30.5 Å². The van der Waals surface area contributed by atoms with E-state index in [2.05, 4.69) is 0 Å². The Bertz CT molecular complexity index is 1560. The molecular formula is C26H26F8N2O5S2. The minimum absolute atomic E-state index is 0.0486. The molecular weight excluding hydrogens is 636 g/mol. The standard InChI is InChI=1S/C26H26F8N2O5S2/c1-42(38,39)36-13-10-17(11-14-36)22(37)35-15-12-23(16-35,43(40,41)21-8-6-20(27)7-9-21)18-2-4-19(5-3-18)24(28,25(29,30)31)26(32,33)34/h2-9,17H,10-16H2,1H3. The Morgan fingerprint density at radius 1 is 0.814 bits per heavy atom. The zero-order valence-corrected chi connectivity index (χ0v) is 24.1. The van der Waals surface area contributed by atoms with Crippen molar-refractivity contribution in [3.63, 3.8) is 0 Å².